The molecule has 5 heteroatoms. The van der Waals surface area contributed by atoms with E-state index in [9.17, 15) is 0 Å². The van der Waals surface area contributed by atoms with Crippen LogP contribution in [0.3, 0.4) is 0 Å². The molecule has 0 radical (unpaired) electrons. The number of nitrogens with zero attached hydrogens (tertiary/aromatic N) is 1. The van der Waals surface area contributed by atoms with Crippen LogP contribution < -0.4 is 11.3 Å². The van der Waals surface area contributed by atoms with Crippen molar-refractivity contribution in [2.24, 2.45) is 5.84 Å². The van der Waals surface area contributed by atoms with Crippen molar-refractivity contribution in [1.82, 2.24) is 10.4 Å². The lowest BCUT2D eigenvalue weighted by molar-refractivity contribution is 0.00711. The molecule has 0 bridgehead atoms. The molecule has 0 fully saturated rings. The molecule has 0 saturated heterocycles. The smallest absolute Gasteiger partial charge is 0.0638 e. The normalized spacial score (nSPS) is 13.7. The van der Waals surface area contributed by atoms with Gasteiger partial charge in [-0.2, -0.15) is 0 Å². The molecular weight excluding hydrogens is 238 g/mol. The molecule has 0 aliphatic heterocycles. The van der Waals surface area contributed by atoms with E-state index in [1.165, 1.54) is 0 Å². The monoisotopic (exact) mass is 257 g/mol. The first-order valence-electron chi connectivity index (χ1n) is 5.58. The van der Waals surface area contributed by atoms with Crippen molar-refractivity contribution in [3.63, 3.8) is 0 Å². The van der Waals surface area contributed by atoms with Crippen molar-refractivity contribution < 1.29 is 4.74 Å². The van der Waals surface area contributed by atoms with Gasteiger partial charge in [0.05, 0.1) is 10.6 Å². The van der Waals surface area contributed by atoms with Crippen molar-refractivity contribution in [2.75, 3.05) is 7.11 Å². The number of halogens is 1. The molecule has 4 nitrogen and oxygen atoms in total. The van der Waals surface area contributed by atoms with Crippen LogP contribution in [0.2, 0.25) is 5.02 Å². The fourth-order valence-corrected chi connectivity index (χ4v) is 1.90. The van der Waals surface area contributed by atoms with Crippen LogP contribution in [0.15, 0.2) is 18.5 Å². The van der Waals surface area contributed by atoms with E-state index in [1.54, 1.807) is 19.5 Å². The molecule has 0 aliphatic rings. The highest BCUT2D eigenvalue weighted by Gasteiger charge is 2.22. The lowest BCUT2D eigenvalue weighted by Crippen LogP contribution is -2.42. The number of rotatable bonds is 6. The molecule has 96 valence electrons. The summed E-state index contributed by atoms with van der Waals surface area (Å²) in [5.74, 6) is 5.57. The highest BCUT2D eigenvalue weighted by Crippen LogP contribution is 2.20. The van der Waals surface area contributed by atoms with E-state index in [0.717, 1.165) is 18.4 Å². The van der Waals surface area contributed by atoms with Crippen LogP contribution in [0.25, 0.3) is 0 Å². The lowest BCUT2D eigenvalue weighted by atomic mass is 9.95. The van der Waals surface area contributed by atoms with Gasteiger partial charge in [0.1, 0.15) is 0 Å². The van der Waals surface area contributed by atoms with Gasteiger partial charge in [0.15, 0.2) is 0 Å². The van der Waals surface area contributed by atoms with Gasteiger partial charge in [-0.25, -0.2) is 0 Å². The second-order valence-electron chi connectivity index (χ2n) is 4.70. The average Bonchev–Trinajstić information content (AvgIpc) is 2.31. The lowest BCUT2D eigenvalue weighted by Gasteiger charge is -2.28. The van der Waals surface area contributed by atoms with Gasteiger partial charge in [-0.1, -0.05) is 11.6 Å². The maximum Gasteiger partial charge on any atom is 0.0638 e. The Bertz CT molecular complexity index is 357. The maximum atomic E-state index is 6.07. The molecular formula is C12H20ClN3O. The summed E-state index contributed by atoms with van der Waals surface area (Å²) in [6, 6.07) is 2.02. The van der Waals surface area contributed by atoms with E-state index in [0.29, 0.717) is 5.02 Å². The molecule has 0 spiro atoms. The molecule has 3 N–H and O–H groups in total. The molecule has 0 amide bonds. The Kier molecular flexibility index (Phi) is 5.33. The summed E-state index contributed by atoms with van der Waals surface area (Å²) in [5, 5.41) is 0.669. The number of ether oxygens (including phenoxy) is 1. The summed E-state index contributed by atoms with van der Waals surface area (Å²) < 4.78 is 5.40. The Balaban J connectivity index is 2.68. The number of hydrogen-bond donors (Lipinski definition) is 2. The van der Waals surface area contributed by atoms with Gasteiger partial charge in [0.25, 0.3) is 0 Å². The van der Waals surface area contributed by atoms with Crippen molar-refractivity contribution in [3.8, 4) is 0 Å². The number of methoxy groups -OCH3 is 1. The summed E-state index contributed by atoms with van der Waals surface area (Å²) in [4.78, 5) is 3.96. The van der Waals surface area contributed by atoms with Crippen molar-refractivity contribution in [3.05, 3.63) is 29.0 Å². The summed E-state index contributed by atoms with van der Waals surface area (Å²) in [5.41, 5.74) is 3.64. The van der Waals surface area contributed by atoms with Gasteiger partial charge in [0.2, 0.25) is 0 Å². The minimum absolute atomic E-state index is 0.116. The molecule has 1 rings (SSSR count). The highest BCUT2D eigenvalue weighted by atomic mass is 35.5. The van der Waals surface area contributed by atoms with Crippen LogP contribution >= 0.6 is 11.6 Å². The third-order valence-electron chi connectivity index (χ3n) is 2.85. The Hall–Kier alpha value is -0.680. The summed E-state index contributed by atoms with van der Waals surface area (Å²) in [7, 11) is 1.70. The second kappa shape index (κ2) is 6.31. The number of pyridine rings is 1. The van der Waals surface area contributed by atoms with Crippen molar-refractivity contribution >= 4 is 11.6 Å². The van der Waals surface area contributed by atoms with Crippen LogP contribution in [0.4, 0.5) is 0 Å². The number of hydrazine groups is 1. The van der Waals surface area contributed by atoms with E-state index in [4.69, 9.17) is 22.2 Å². The van der Waals surface area contributed by atoms with E-state index in [-0.39, 0.29) is 11.6 Å². The first-order chi connectivity index (χ1) is 7.98. The standard InChI is InChI=1S/C12H20ClN3O/c1-12(2,17-3)7-10(16-14)6-9-4-5-15-8-11(9)13/h4-5,8,10,16H,6-7,14H2,1-3H3. The van der Waals surface area contributed by atoms with Gasteiger partial charge in [0, 0.05) is 25.5 Å². The first-order valence-corrected chi connectivity index (χ1v) is 5.96. The SMILES string of the molecule is COC(C)(C)CC(Cc1ccncc1Cl)NN. The zero-order valence-electron chi connectivity index (χ0n) is 10.5. The van der Waals surface area contributed by atoms with Crippen molar-refractivity contribution in [2.45, 2.75) is 38.3 Å². The summed E-state index contributed by atoms with van der Waals surface area (Å²) in [6.45, 7) is 4.07. The molecule has 1 aromatic rings. The third kappa shape index (κ3) is 4.60. The fraction of sp³-hybridized carbons (Fsp3) is 0.583. The number of aromatic nitrogens is 1. The average molecular weight is 258 g/mol. The van der Waals surface area contributed by atoms with Gasteiger partial charge in [-0.15, -0.1) is 0 Å². The molecule has 0 aromatic carbocycles. The van der Waals surface area contributed by atoms with E-state index in [1.807, 2.05) is 19.9 Å². The van der Waals surface area contributed by atoms with Crippen LogP contribution in [0, 0.1) is 0 Å². The Morgan fingerprint density at radius 3 is 2.82 bits per heavy atom. The molecule has 0 aliphatic carbocycles. The maximum absolute atomic E-state index is 6.07. The highest BCUT2D eigenvalue weighted by molar-refractivity contribution is 6.31. The molecule has 1 heterocycles. The Morgan fingerprint density at radius 2 is 2.29 bits per heavy atom. The topological polar surface area (TPSA) is 60.2 Å². The Labute approximate surface area is 107 Å². The Morgan fingerprint density at radius 1 is 1.59 bits per heavy atom. The largest absolute Gasteiger partial charge is 0.379 e. The quantitative estimate of drug-likeness (QED) is 0.604. The molecule has 1 unspecified atom stereocenters. The van der Waals surface area contributed by atoms with Crippen LogP contribution in [0.5, 0.6) is 0 Å². The number of hydrogen-bond acceptors (Lipinski definition) is 4. The van der Waals surface area contributed by atoms with Crippen LogP contribution in [-0.4, -0.2) is 23.7 Å². The van der Waals surface area contributed by atoms with E-state index >= 15 is 0 Å². The zero-order chi connectivity index (χ0) is 12.9. The van der Waals surface area contributed by atoms with Gasteiger partial charge in [-0.05, 0) is 38.3 Å². The predicted octanol–water partition coefficient (Wildman–Crippen LogP) is 1.92. The zero-order valence-corrected chi connectivity index (χ0v) is 11.3. The first kappa shape index (κ1) is 14.4. The molecule has 1 atom stereocenters. The molecule has 17 heavy (non-hydrogen) atoms. The number of nitrogens with two attached hydrogens (primary N) is 1. The molecule has 0 saturated carbocycles. The second-order valence-corrected chi connectivity index (χ2v) is 5.11. The predicted molar refractivity (Wildman–Crippen MR) is 69.8 cm³/mol. The fourth-order valence-electron chi connectivity index (χ4n) is 1.70. The minimum Gasteiger partial charge on any atom is -0.379 e. The summed E-state index contributed by atoms with van der Waals surface area (Å²) in [6.07, 6.45) is 4.94. The van der Waals surface area contributed by atoms with Gasteiger partial charge < -0.3 is 4.74 Å². The van der Waals surface area contributed by atoms with Crippen LogP contribution in [0.1, 0.15) is 25.8 Å². The number of nitrogens with one attached hydrogen (secondary N) is 1. The van der Waals surface area contributed by atoms with Gasteiger partial charge >= 0.3 is 0 Å². The van der Waals surface area contributed by atoms with E-state index in [2.05, 4.69) is 10.4 Å². The third-order valence-corrected chi connectivity index (χ3v) is 3.19. The molecule has 1 aromatic heterocycles. The van der Waals surface area contributed by atoms with Crippen molar-refractivity contribution in [1.29, 1.82) is 0 Å². The van der Waals surface area contributed by atoms with Crippen LogP contribution in [-0.2, 0) is 11.2 Å². The van der Waals surface area contributed by atoms with Gasteiger partial charge in [-0.3, -0.25) is 16.3 Å². The van der Waals surface area contributed by atoms with E-state index < -0.39 is 0 Å². The summed E-state index contributed by atoms with van der Waals surface area (Å²) >= 11 is 6.07. The minimum atomic E-state index is -0.212.